The van der Waals surface area contributed by atoms with Crippen molar-refractivity contribution in [3.63, 3.8) is 0 Å². The average Bonchev–Trinajstić information content (AvgIpc) is 2.78. The van der Waals surface area contributed by atoms with E-state index in [0.717, 1.165) is 11.0 Å². The van der Waals surface area contributed by atoms with E-state index in [1.165, 1.54) is 0 Å². The second-order valence-electron chi connectivity index (χ2n) is 3.82. The fourth-order valence-electron chi connectivity index (χ4n) is 1.41. The number of hydrogen-bond acceptors (Lipinski definition) is 2. The van der Waals surface area contributed by atoms with Crippen molar-refractivity contribution in [3.05, 3.63) is 48.0 Å². The van der Waals surface area contributed by atoms with Gasteiger partial charge in [0.15, 0.2) is 0 Å². The molecule has 2 rings (SSSR count). The fraction of sp³-hybridized carbons (Fsp3) is 0.273. The van der Waals surface area contributed by atoms with Crippen LogP contribution in [0.15, 0.2) is 36.7 Å². The summed E-state index contributed by atoms with van der Waals surface area (Å²) in [5.74, 6) is -6.59. The molecular weight excluding hydrogens is 269 g/mol. The zero-order valence-electron chi connectivity index (χ0n) is 9.40. The first-order valence-electron chi connectivity index (χ1n) is 5.19. The van der Waals surface area contributed by atoms with Crippen molar-refractivity contribution in [1.29, 1.82) is 0 Å². The van der Waals surface area contributed by atoms with Gasteiger partial charge in [-0.25, -0.2) is 9.67 Å². The first-order chi connectivity index (χ1) is 8.80. The number of rotatable bonds is 3. The topological polar surface area (TPSA) is 30.7 Å². The van der Waals surface area contributed by atoms with Crippen LogP contribution in [0.1, 0.15) is 11.4 Å². The van der Waals surface area contributed by atoms with Gasteiger partial charge in [-0.15, -0.1) is 5.10 Å². The standard InChI is InChI=1S/C11H8F5N3/c12-10(13,11(14,15)16)9-17-7-19(18-9)6-8-4-2-1-3-5-8/h1-5,7H,6H2. The van der Waals surface area contributed by atoms with E-state index in [1.54, 1.807) is 30.3 Å². The summed E-state index contributed by atoms with van der Waals surface area (Å²) in [6.07, 6.45) is -4.85. The number of alkyl halides is 5. The highest BCUT2D eigenvalue weighted by atomic mass is 19.4. The van der Waals surface area contributed by atoms with Gasteiger partial charge in [0, 0.05) is 0 Å². The Kier molecular flexibility index (Phi) is 3.25. The Morgan fingerprint density at radius 3 is 2.21 bits per heavy atom. The van der Waals surface area contributed by atoms with Crippen LogP contribution in [0, 0.1) is 0 Å². The van der Waals surface area contributed by atoms with Crippen LogP contribution in [0.5, 0.6) is 0 Å². The lowest BCUT2D eigenvalue weighted by Gasteiger charge is -2.15. The second kappa shape index (κ2) is 4.60. The van der Waals surface area contributed by atoms with E-state index in [4.69, 9.17) is 0 Å². The number of nitrogens with zero attached hydrogens (tertiary/aromatic N) is 3. The van der Waals surface area contributed by atoms with Crippen LogP contribution in [0.2, 0.25) is 0 Å². The molecule has 0 spiro atoms. The highest BCUT2D eigenvalue weighted by Gasteiger charge is 2.61. The Morgan fingerprint density at radius 1 is 1.00 bits per heavy atom. The number of halogens is 5. The first-order valence-corrected chi connectivity index (χ1v) is 5.19. The van der Waals surface area contributed by atoms with Crippen LogP contribution in [-0.2, 0) is 12.5 Å². The molecule has 0 unspecified atom stereocenters. The van der Waals surface area contributed by atoms with Crippen LogP contribution in [-0.4, -0.2) is 20.9 Å². The smallest absolute Gasteiger partial charge is 0.248 e. The van der Waals surface area contributed by atoms with Crippen molar-refractivity contribution in [2.24, 2.45) is 0 Å². The highest BCUT2D eigenvalue weighted by molar-refractivity contribution is 5.14. The summed E-state index contributed by atoms with van der Waals surface area (Å²) >= 11 is 0. The van der Waals surface area contributed by atoms with Gasteiger partial charge in [0.2, 0.25) is 5.82 Å². The molecule has 3 nitrogen and oxygen atoms in total. The van der Waals surface area contributed by atoms with Crippen molar-refractivity contribution in [2.75, 3.05) is 0 Å². The maximum atomic E-state index is 13.0. The molecule has 0 saturated heterocycles. The number of hydrogen-bond donors (Lipinski definition) is 0. The van der Waals surface area contributed by atoms with E-state index in [2.05, 4.69) is 10.1 Å². The molecule has 19 heavy (non-hydrogen) atoms. The molecule has 0 bridgehead atoms. The lowest BCUT2D eigenvalue weighted by atomic mass is 10.2. The molecule has 0 saturated carbocycles. The summed E-state index contributed by atoms with van der Waals surface area (Å²) in [5, 5.41) is 3.18. The van der Waals surface area contributed by atoms with Crippen LogP contribution in [0.25, 0.3) is 0 Å². The fourth-order valence-corrected chi connectivity index (χ4v) is 1.41. The van der Waals surface area contributed by atoms with Crippen LogP contribution >= 0.6 is 0 Å². The minimum Gasteiger partial charge on any atom is -0.248 e. The van der Waals surface area contributed by atoms with E-state index in [-0.39, 0.29) is 6.54 Å². The molecular formula is C11H8F5N3. The third-order valence-corrected chi connectivity index (χ3v) is 2.36. The number of benzene rings is 1. The maximum Gasteiger partial charge on any atom is 0.461 e. The van der Waals surface area contributed by atoms with E-state index in [1.807, 2.05) is 0 Å². The van der Waals surface area contributed by atoms with Crippen LogP contribution in [0.3, 0.4) is 0 Å². The molecule has 0 N–H and O–H groups in total. The maximum absolute atomic E-state index is 13.0. The van der Waals surface area contributed by atoms with Crippen molar-refractivity contribution >= 4 is 0 Å². The predicted octanol–water partition coefficient (Wildman–Crippen LogP) is 2.98. The third kappa shape index (κ3) is 2.72. The molecule has 0 amide bonds. The Labute approximate surface area is 104 Å². The van der Waals surface area contributed by atoms with Gasteiger partial charge in [-0.3, -0.25) is 0 Å². The summed E-state index contributed by atoms with van der Waals surface area (Å²) in [6.45, 7) is 0.0712. The Bertz CT molecular complexity index is 547. The van der Waals surface area contributed by atoms with Gasteiger partial charge in [0.25, 0.3) is 0 Å². The summed E-state index contributed by atoms with van der Waals surface area (Å²) in [7, 11) is 0. The Morgan fingerprint density at radius 2 is 1.63 bits per heavy atom. The summed E-state index contributed by atoms with van der Waals surface area (Å²) in [4.78, 5) is 3.03. The van der Waals surface area contributed by atoms with Gasteiger partial charge in [0.1, 0.15) is 6.33 Å². The molecule has 102 valence electrons. The lowest BCUT2D eigenvalue weighted by Crippen LogP contribution is -2.35. The van der Waals surface area contributed by atoms with Crippen molar-refractivity contribution in [2.45, 2.75) is 18.6 Å². The lowest BCUT2D eigenvalue weighted by molar-refractivity contribution is -0.292. The van der Waals surface area contributed by atoms with Crippen molar-refractivity contribution in [3.8, 4) is 0 Å². The first kappa shape index (κ1) is 13.4. The third-order valence-electron chi connectivity index (χ3n) is 2.36. The van der Waals surface area contributed by atoms with E-state index in [9.17, 15) is 22.0 Å². The van der Waals surface area contributed by atoms with Crippen molar-refractivity contribution < 1.29 is 22.0 Å². The molecule has 1 aromatic heterocycles. The summed E-state index contributed by atoms with van der Waals surface area (Å²) in [5.41, 5.74) is 0.717. The molecule has 2 aromatic rings. The van der Waals surface area contributed by atoms with Gasteiger partial charge >= 0.3 is 12.1 Å². The quantitative estimate of drug-likeness (QED) is 0.807. The van der Waals surface area contributed by atoms with Gasteiger partial charge < -0.3 is 0 Å². The molecule has 0 aliphatic carbocycles. The average molecular weight is 277 g/mol. The van der Waals surface area contributed by atoms with Gasteiger partial charge in [-0.2, -0.15) is 22.0 Å². The predicted molar refractivity (Wildman–Crippen MR) is 55.5 cm³/mol. The largest absolute Gasteiger partial charge is 0.461 e. The molecule has 0 atom stereocenters. The number of aromatic nitrogens is 3. The zero-order chi connectivity index (χ0) is 14.1. The minimum atomic E-state index is -5.70. The zero-order valence-corrected chi connectivity index (χ0v) is 9.40. The summed E-state index contributed by atoms with van der Waals surface area (Å²) in [6, 6.07) is 8.59. The van der Waals surface area contributed by atoms with Crippen molar-refractivity contribution in [1.82, 2.24) is 14.8 Å². The van der Waals surface area contributed by atoms with Crippen LogP contribution < -0.4 is 0 Å². The molecule has 1 heterocycles. The monoisotopic (exact) mass is 277 g/mol. The van der Waals surface area contributed by atoms with Crippen LogP contribution in [0.4, 0.5) is 22.0 Å². The molecule has 8 heteroatoms. The van der Waals surface area contributed by atoms with E-state index in [0.29, 0.717) is 5.56 Å². The van der Waals surface area contributed by atoms with Gasteiger partial charge in [-0.1, -0.05) is 30.3 Å². The molecule has 0 fully saturated rings. The normalized spacial score (nSPS) is 12.7. The van der Waals surface area contributed by atoms with E-state index >= 15 is 0 Å². The van der Waals surface area contributed by atoms with Gasteiger partial charge in [0.05, 0.1) is 6.54 Å². The molecule has 0 aliphatic heterocycles. The summed E-state index contributed by atoms with van der Waals surface area (Å²) < 4.78 is 63.2. The molecule has 0 aliphatic rings. The molecule has 0 radical (unpaired) electrons. The SMILES string of the molecule is FC(F)(F)C(F)(F)c1ncn(Cc2ccccc2)n1. The molecule has 1 aromatic carbocycles. The Balaban J connectivity index is 2.20. The second-order valence-corrected chi connectivity index (χ2v) is 3.82. The Hall–Kier alpha value is -1.99. The van der Waals surface area contributed by atoms with E-state index < -0.39 is 17.9 Å². The van der Waals surface area contributed by atoms with Gasteiger partial charge in [-0.05, 0) is 5.56 Å². The highest BCUT2D eigenvalue weighted by Crippen LogP contribution is 2.42. The minimum absolute atomic E-state index is 0.0712.